The highest BCUT2D eigenvalue weighted by Gasteiger charge is 2.30. The molecule has 29 heavy (non-hydrogen) atoms. The summed E-state index contributed by atoms with van der Waals surface area (Å²) in [5.41, 5.74) is 2.25. The Kier molecular flexibility index (Phi) is 5.13. The summed E-state index contributed by atoms with van der Waals surface area (Å²) in [4.78, 5) is 13.9. The molecule has 0 spiro atoms. The van der Waals surface area contributed by atoms with Crippen LogP contribution >= 0.6 is 11.3 Å². The summed E-state index contributed by atoms with van der Waals surface area (Å²) in [6.45, 7) is 0. The predicted octanol–water partition coefficient (Wildman–Crippen LogP) is 5.91. The molecule has 0 amide bonds. The Morgan fingerprint density at radius 1 is 0.862 bits per heavy atom. The van der Waals surface area contributed by atoms with Crippen molar-refractivity contribution in [3.8, 4) is 27.4 Å². The van der Waals surface area contributed by atoms with Gasteiger partial charge in [-0.15, -0.1) is 13.2 Å². The van der Waals surface area contributed by atoms with E-state index in [1.807, 2.05) is 30.3 Å². The average Bonchev–Trinajstić information content (AvgIpc) is 3.17. The van der Waals surface area contributed by atoms with Gasteiger partial charge in [-0.25, -0.2) is 15.0 Å². The second-order valence-electron chi connectivity index (χ2n) is 5.86. The van der Waals surface area contributed by atoms with Crippen molar-refractivity contribution >= 4 is 22.4 Å². The first kappa shape index (κ1) is 18.9. The Morgan fingerprint density at radius 2 is 1.62 bits per heavy atom. The van der Waals surface area contributed by atoms with Gasteiger partial charge in [0, 0.05) is 18.0 Å². The monoisotopic (exact) mass is 414 g/mol. The summed E-state index contributed by atoms with van der Waals surface area (Å²) in [6.07, 6.45) is -1.39. The molecule has 0 radical (unpaired) electrons. The quantitative estimate of drug-likeness (QED) is 0.440. The van der Waals surface area contributed by atoms with E-state index in [1.54, 1.807) is 18.5 Å². The first-order valence-corrected chi connectivity index (χ1v) is 9.25. The molecule has 2 aromatic carbocycles. The van der Waals surface area contributed by atoms with Gasteiger partial charge >= 0.3 is 6.36 Å². The summed E-state index contributed by atoms with van der Waals surface area (Å²) in [6, 6.07) is 17.0. The van der Waals surface area contributed by atoms with Crippen LogP contribution in [0.5, 0.6) is 5.75 Å². The van der Waals surface area contributed by atoms with E-state index in [4.69, 9.17) is 0 Å². The molecule has 146 valence electrons. The highest BCUT2D eigenvalue weighted by atomic mass is 32.1. The Morgan fingerprint density at radius 3 is 2.34 bits per heavy atom. The third kappa shape index (κ3) is 4.88. The van der Waals surface area contributed by atoms with Crippen molar-refractivity contribution in [1.29, 1.82) is 0 Å². The summed E-state index contributed by atoms with van der Waals surface area (Å²) in [5.74, 6) is 0.0527. The predicted molar refractivity (Wildman–Crippen MR) is 105 cm³/mol. The number of nitrogens with zero attached hydrogens (tertiary/aromatic N) is 3. The molecular weight excluding hydrogens is 401 g/mol. The van der Waals surface area contributed by atoms with Gasteiger partial charge in [0.2, 0.25) is 5.95 Å². The number of hydrogen-bond donors (Lipinski definition) is 1. The van der Waals surface area contributed by atoms with Gasteiger partial charge in [-0.05, 0) is 35.9 Å². The smallest absolute Gasteiger partial charge is 0.406 e. The van der Waals surface area contributed by atoms with Crippen molar-refractivity contribution in [1.82, 2.24) is 15.0 Å². The van der Waals surface area contributed by atoms with E-state index in [0.717, 1.165) is 10.4 Å². The molecule has 1 N–H and O–H groups in total. The maximum absolute atomic E-state index is 12.3. The van der Waals surface area contributed by atoms with Crippen LogP contribution in [0.15, 0.2) is 73.1 Å². The topological polar surface area (TPSA) is 59.9 Å². The lowest BCUT2D eigenvalue weighted by Gasteiger charge is -2.09. The molecule has 5 nitrogen and oxygen atoms in total. The fraction of sp³-hybridized carbons (Fsp3) is 0.0500. The van der Waals surface area contributed by atoms with Crippen molar-refractivity contribution in [2.75, 3.05) is 5.32 Å². The van der Waals surface area contributed by atoms with E-state index in [-0.39, 0.29) is 5.75 Å². The van der Waals surface area contributed by atoms with Crippen LogP contribution in [0.4, 0.5) is 24.3 Å². The van der Waals surface area contributed by atoms with Crippen molar-refractivity contribution in [2.45, 2.75) is 6.36 Å². The molecular formula is C20H13F3N4OS. The standard InChI is InChI=1S/C20H13F3N4OS/c21-20(22,23)28-15-8-6-13(7-9-15)16-10-11-24-18(26-16)27-19-25-12-17(29-19)14-4-2-1-3-5-14/h1-12H,(H,24,25,26,27). The van der Waals surface area contributed by atoms with Gasteiger partial charge in [0.25, 0.3) is 0 Å². The molecule has 0 unspecified atom stereocenters. The lowest BCUT2D eigenvalue weighted by atomic mass is 10.1. The number of anilines is 2. The van der Waals surface area contributed by atoms with Crippen molar-refractivity contribution < 1.29 is 17.9 Å². The van der Waals surface area contributed by atoms with Crippen LogP contribution in [0, 0.1) is 0 Å². The second kappa shape index (κ2) is 7.88. The molecule has 4 rings (SSSR count). The number of benzene rings is 2. The van der Waals surface area contributed by atoms with Gasteiger partial charge < -0.3 is 10.1 Å². The van der Waals surface area contributed by atoms with Crippen LogP contribution in [0.3, 0.4) is 0 Å². The van der Waals surface area contributed by atoms with E-state index < -0.39 is 6.36 Å². The Bertz CT molecular complexity index is 1100. The lowest BCUT2D eigenvalue weighted by Crippen LogP contribution is -2.16. The SMILES string of the molecule is FC(F)(F)Oc1ccc(-c2ccnc(Nc3ncc(-c4ccccc4)s3)n2)cc1. The Labute approximate surface area is 167 Å². The fourth-order valence-electron chi connectivity index (χ4n) is 2.57. The van der Waals surface area contributed by atoms with Crippen LogP contribution in [-0.4, -0.2) is 21.3 Å². The molecule has 0 saturated carbocycles. The van der Waals surface area contributed by atoms with E-state index in [2.05, 4.69) is 25.0 Å². The molecule has 2 heterocycles. The van der Waals surface area contributed by atoms with E-state index >= 15 is 0 Å². The molecule has 0 aliphatic heterocycles. The maximum atomic E-state index is 12.3. The van der Waals surface area contributed by atoms with Gasteiger partial charge in [-0.3, -0.25) is 0 Å². The number of ether oxygens (including phenoxy) is 1. The van der Waals surface area contributed by atoms with Crippen molar-refractivity contribution in [2.24, 2.45) is 0 Å². The van der Waals surface area contributed by atoms with Gasteiger partial charge in [-0.1, -0.05) is 41.7 Å². The van der Waals surface area contributed by atoms with Crippen LogP contribution in [-0.2, 0) is 0 Å². The third-order valence-electron chi connectivity index (χ3n) is 3.82. The molecule has 0 atom stereocenters. The minimum Gasteiger partial charge on any atom is -0.406 e. The van der Waals surface area contributed by atoms with Crippen molar-refractivity contribution in [3.05, 3.63) is 73.1 Å². The molecule has 2 aromatic heterocycles. The second-order valence-corrected chi connectivity index (χ2v) is 6.89. The number of rotatable bonds is 5. The number of halogens is 3. The van der Waals surface area contributed by atoms with Crippen LogP contribution in [0.25, 0.3) is 21.7 Å². The van der Waals surface area contributed by atoms with Crippen LogP contribution < -0.4 is 10.1 Å². The number of alkyl halides is 3. The summed E-state index contributed by atoms with van der Waals surface area (Å²) >= 11 is 1.46. The highest BCUT2D eigenvalue weighted by molar-refractivity contribution is 7.18. The largest absolute Gasteiger partial charge is 0.573 e. The zero-order chi connectivity index (χ0) is 20.3. The normalized spacial score (nSPS) is 11.3. The first-order valence-electron chi connectivity index (χ1n) is 8.44. The van der Waals surface area contributed by atoms with E-state index in [0.29, 0.717) is 22.3 Å². The first-order chi connectivity index (χ1) is 14.0. The molecule has 4 aromatic rings. The van der Waals surface area contributed by atoms with E-state index in [9.17, 15) is 13.2 Å². The molecule has 0 aliphatic carbocycles. The van der Waals surface area contributed by atoms with Crippen molar-refractivity contribution in [3.63, 3.8) is 0 Å². The van der Waals surface area contributed by atoms with Gasteiger partial charge in [0.1, 0.15) is 5.75 Å². The molecule has 0 aliphatic rings. The molecule has 0 bridgehead atoms. The average molecular weight is 414 g/mol. The highest BCUT2D eigenvalue weighted by Crippen LogP contribution is 2.30. The molecule has 0 saturated heterocycles. The lowest BCUT2D eigenvalue weighted by molar-refractivity contribution is -0.274. The van der Waals surface area contributed by atoms with Gasteiger partial charge in [-0.2, -0.15) is 0 Å². The minimum absolute atomic E-state index is 0.287. The summed E-state index contributed by atoms with van der Waals surface area (Å²) < 4.78 is 40.7. The number of hydrogen-bond acceptors (Lipinski definition) is 6. The minimum atomic E-state index is -4.72. The third-order valence-corrected chi connectivity index (χ3v) is 4.78. The number of thiazole rings is 1. The zero-order valence-corrected chi connectivity index (χ0v) is 15.5. The number of nitrogens with one attached hydrogen (secondary N) is 1. The zero-order valence-electron chi connectivity index (χ0n) is 14.7. The van der Waals surface area contributed by atoms with Gasteiger partial charge in [0.05, 0.1) is 10.6 Å². The Hall–Kier alpha value is -3.46. The van der Waals surface area contributed by atoms with Crippen LogP contribution in [0.2, 0.25) is 0 Å². The van der Waals surface area contributed by atoms with Gasteiger partial charge in [0.15, 0.2) is 5.13 Å². The Balaban J connectivity index is 1.50. The molecule has 9 heteroatoms. The van der Waals surface area contributed by atoms with Crippen LogP contribution in [0.1, 0.15) is 0 Å². The number of aromatic nitrogens is 3. The van der Waals surface area contributed by atoms with E-state index in [1.165, 1.54) is 35.6 Å². The summed E-state index contributed by atoms with van der Waals surface area (Å²) in [5, 5.41) is 3.69. The maximum Gasteiger partial charge on any atom is 0.573 e. The summed E-state index contributed by atoms with van der Waals surface area (Å²) in [7, 11) is 0. The molecule has 0 fully saturated rings. The fourth-order valence-corrected chi connectivity index (χ4v) is 3.39.